The van der Waals surface area contributed by atoms with Crippen LogP contribution in [0.5, 0.6) is 0 Å². The van der Waals surface area contributed by atoms with Gasteiger partial charge in [-0.3, -0.25) is 0 Å². The molecule has 0 atom stereocenters. The SMILES string of the molecule is Brc1cccc(-c2nnc3n2CCCC3)n1. The van der Waals surface area contributed by atoms with E-state index in [2.05, 4.69) is 35.7 Å². The number of pyridine rings is 1. The first-order valence-electron chi connectivity index (χ1n) is 5.39. The van der Waals surface area contributed by atoms with E-state index in [1.165, 1.54) is 12.8 Å². The van der Waals surface area contributed by atoms with Gasteiger partial charge in [0, 0.05) is 13.0 Å². The van der Waals surface area contributed by atoms with Crippen LogP contribution in [0, 0.1) is 0 Å². The van der Waals surface area contributed by atoms with Gasteiger partial charge in [0.1, 0.15) is 16.1 Å². The largest absolute Gasteiger partial charge is 0.310 e. The van der Waals surface area contributed by atoms with Gasteiger partial charge >= 0.3 is 0 Å². The molecule has 1 aliphatic heterocycles. The normalized spacial score (nSPS) is 14.8. The van der Waals surface area contributed by atoms with Crippen molar-refractivity contribution in [3.8, 4) is 11.5 Å². The van der Waals surface area contributed by atoms with Crippen molar-refractivity contribution < 1.29 is 0 Å². The summed E-state index contributed by atoms with van der Waals surface area (Å²) in [6, 6.07) is 5.85. The van der Waals surface area contributed by atoms with E-state index in [1.807, 2.05) is 18.2 Å². The van der Waals surface area contributed by atoms with Gasteiger partial charge in [0.25, 0.3) is 0 Å². The predicted octanol–water partition coefficient (Wildman–Crippen LogP) is 2.44. The van der Waals surface area contributed by atoms with Gasteiger partial charge in [-0.15, -0.1) is 10.2 Å². The van der Waals surface area contributed by atoms with E-state index < -0.39 is 0 Å². The standard InChI is InChI=1S/C11H11BrN4/c12-9-5-3-4-8(13-9)11-15-14-10-6-1-2-7-16(10)11/h3-5H,1-2,6-7H2. The van der Waals surface area contributed by atoms with Crippen LogP contribution in [0.15, 0.2) is 22.8 Å². The molecule has 0 aromatic carbocycles. The number of halogens is 1. The lowest BCUT2D eigenvalue weighted by Gasteiger charge is -2.14. The second kappa shape index (κ2) is 3.97. The van der Waals surface area contributed by atoms with E-state index >= 15 is 0 Å². The summed E-state index contributed by atoms with van der Waals surface area (Å²) in [5, 5.41) is 8.46. The zero-order chi connectivity index (χ0) is 11.0. The van der Waals surface area contributed by atoms with Gasteiger partial charge in [0.05, 0.1) is 0 Å². The van der Waals surface area contributed by atoms with Crippen molar-refractivity contribution in [1.29, 1.82) is 0 Å². The molecule has 0 spiro atoms. The van der Waals surface area contributed by atoms with Crippen molar-refractivity contribution in [3.05, 3.63) is 28.6 Å². The van der Waals surface area contributed by atoms with Gasteiger partial charge in [-0.25, -0.2) is 4.98 Å². The molecule has 0 N–H and O–H groups in total. The summed E-state index contributed by atoms with van der Waals surface area (Å²) >= 11 is 3.38. The highest BCUT2D eigenvalue weighted by Crippen LogP contribution is 2.22. The van der Waals surface area contributed by atoms with Crippen LogP contribution in [0.3, 0.4) is 0 Å². The van der Waals surface area contributed by atoms with Gasteiger partial charge in [-0.1, -0.05) is 6.07 Å². The Morgan fingerprint density at radius 3 is 3.00 bits per heavy atom. The Kier molecular flexibility index (Phi) is 2.47. The Hall–Kier alpha value is -1.23. The molecule has 0 amide bonds. The molecular weight excluding hydrogens is 268 g/mol. The molecule has 4 nitrogen and oxygen atoms in total. The number of nitrogens with zero attached hydrogens (tertiary/aromatic N) is 4. The molecule has 2 aromatic rings. The molecule has 0 saturated carbocycles. The van der Waals surface area contributed by atoms with Gasteiger partial charge in [0.2, 0.25) is 0 Å². The molecule has 0 bridgehead atoms. The number of aryl methyl sites for hydroxylation is 1. The van der Waals surface area contributed by atoms with E-state index in [-0.39, 0.29) is 0 Å². The maximum Gasteiger partial charge on any atom is 0.182 e. The summed E-state index contributed by atoms with van der Waals surface area (Å²) in [4.78, 5) is 4.42. The minimum absolute atomic E-state index is 0.832. The fourth-order valence-electron chi connectivity index (χ4n) is 2.03. The smallest absolute Gasteiger partial charge is 0.182 e. The highest BCUT2D eigenvalue weighted by Gasteiger charge is 2.17. The topological polar surface area (TPSA) is 43.6 Å². The number of hydrogen-bond acceptors (Lipinski definition) is 3. The van der Waals surface area contributed by atoms with Gasteiger partial charge in [-0.2, -0.15) is 0 Å². The van der Waals surface area contributed by atoms with Crippen LogP contribution in [-0.2, 0) is 13.0 Å². The Morgan fingerprint density at radius 1 is 1.19 bits per heavy atom. The maximum absolute atomic E-state index is 4.42. The Bertz CT molecular complexity index is 520. The van der Waals surface area contributed by atoms with E-state index in [4.69, 9.17) is 0 Å². The van der Waals surface area contributed by atoms with Crippen molar-refractivity contribution >= 4 is 15.9 Å². The lowest BCUT2D eigenvalue weighted by Crippen LogP contribution is -2.11. The summed E-state index contributed by atoms with van der Waals surface area (Å²) in [7, 11) is 0. The Labute approximate surface area is 102 Å². The molecule has 3 heterocycles. The highest BCUT2D eigenvalue weighted by atomic mass is 79.9. The van der Waals surface area contributed by atoms with Gasteiger partial charge < -0.3 is 4.57 Å². The van der Waals surface area contributed by atoms with E-state index in [0.29, 0.717) is 0 Å². The minimum atomic E-state index is 0.832. The molecule has 0 radical (unpaired) electrons. The third kappa shape index (κ3) is 1.65. The predicted molar refractivity (Wildman–Crippen MR) is 63.9 cm³/mol. The molecule has 82 valence electrons. The second-order valence-electron chi connectivity index (χ2n) is 3.89. The van der Waals surface area contributed by atoms with Crippen LogP contribution in [0.25, 0.3) is 11.5 Å². The zero-order valence-corrected chi connectivity index (χ0v) is 10.3. The zero-order valence-electron chi connectivity index (χ0n) is 8.73. The van der Waals surface area contributed by atoms with Gasteiger partial charge in [0.15, 0.2) is 5.82 Å². The van der Waals surface area contributed by atoms with Crippen LogP contribution in [0.1, 0.15) is 18.7 Å². The van der Waals surface area contributed by atoms with Crippen molar-refractivity contribution in [3.63, 3.8) is 0 Å². The van der Waals surface area contributed by atoms with Crippen LogP contribution < -0.4 is 0 Å². The van der Waals surface area contributed by atoms with Crippen molar-refractivity contribution in [2.24, 2.45) is 0 Å². The average Bonchev–Trinajstić information content (AvgIpc) is 2.72. The van der Waals surface area contributed by atoms with Gasteiger partial charge in [-0.05, 0) is 40.9 Å². The summed E-state index contributed by atoms with van der Waals surface area (Å²) in [6.45, 7) is 1.01. The maximum atomic E-state index is 4.42. The lowest BCUT2D eigenvalue weighted by atomic mass is 10.1. The quantitative estimate of drug-likeness (QED) is 0.753. The minimum Gasteiger partial charge on any atom is -0.310 e. The Balaban J connectivity index is 2.09. The van der Waals surface area contributed by atoms with E-state index in [1.54, 1.807) is 0 Å². The fourth-order valence-corrected chi connectivity index (χ4v) is 2.37. The average molecular weight is 279 g/mol. The first kappa shape index (κ1) is 9.96. The number of fused-ring (bicyclic) bond motifs is 1. The summed E-state index contributed by atoms with van der Waals surface area (Å²) in [5.74, 6) is 1.97. The van der Waals surface area contributed by atoms with Crippen LogP contribution >= 0.6 is 15.9 Å². The highest BCUT2D eigenvalue weighted by molar-refractivity contribution is 9.10. The van der Waals surface area contributed by atoms with Crippen molar-refractivity contribution in [2.75, 3.05) is 0 Å². The third-order valence-electron chi connectivity index (χ3n) is 2.80. The lowest BCUT2D eigenvalue weighted by molar-refractivity contribution is 0.525. The monoisotopic (exact) mass is 278 g/mol. The molecule has 3 rings (SSSR count). The molecule has 2 aromatic heterocycles. The number of rotatable bonds is 1. The number of hydrogen-bond donors (Lipinski definition) is 0. The second-order valence-corrected chi connectivity index (χ2v) is 4.71. The summed E-state index contributed by atoms with van der Waals surface area (Å²) < 4.78 is 3.01. The Morgan fingerprint density at radius 2 is 2.12 bits per heavy atom. The summed E-state index contributed by atoms with van der Waals surface area (Å²) in [5.41, 5.74) is 0.884. The van der Waals surface area contributed by atoms with Crippen LogP contribution in [0.2, 0.25) is 0 Å². The number of aromatic nitrogens is 4. The molecule has 5 heteroatoms. The van der Waals surface area contributed by atoms with Crippen molar-refractivity contribution in [1.82, 2.24) is 19.7 Å². The molecule has 0 fully saturated rings. The third-order valence-corrected chi connectivity index (χ3v) is 3.25. The molecule has 16 heavy (non-hydrogen) atoms. The molecular formula is C11H11BrN4. The van der Waals surface area contributed by atoms with E-state index in [0.717, 1.165) is 34.9 Å². The van der Waals surface area contributed by atoms with Crippen LogP contribution in [-0.4, -0.2) is 19.7 Å². The molecule has 1 aliphatic rings. The fraction of sp³-hybridized carbons (Fsp3) is 0.364. The molecule has 0 aliphatic carbocycles. The van der Waals surface area contributed by atoms with Crippen molar-refractivity contribution in [2.45, 2.75) is 25.8 Å². The molecule has 0 saturated heterocycles. The van der Waals surface area contributed by atoms with E-state index in [9.17, 15) is 0 Å². The molecule has 0 unspecified atom stereocenters. The summed E-state index contributed by atoms with van der Waals surface area (Å²) in [6.07, 6.45) is 3.44. The first-order chi connectivity index (χ1) is 7.84. The van der Waals surface area contributed by atoms with Crippen LogP contribution in [0.4, 0.5) is 0 Å². The first-order valence-corrected chi connectivity index (χ1v) is 6.19.